The summed E-state index contributed by atoms with van der Waals surface area (Å²) in [5.74, 6) is -2.07. The highest BCUT2D eigenvalue weighted by molar-refractivity contribution is 6.12. The quantitative estimate of drug-likeness (QED) is 0.714. The number of amides is 3. The number of hydrogen-bond donors (Lipinski definition) is 1. The summed E-state index contributed by atoms with van der Waals surface area (Å²) in [6.07, 6.45) is 3.71. The van der Waals surface area contributed by atoms with Crippen molar-refractivity contribution in [3.8, 4) is 0 Å². The molecule has 0 saturated carbocycles. The summed E-state index contributed by atoms with van der Waals surface area (Å²) >= 11 is 0. The number of rotatable bonds is 4. The highest BCUT2D eigenvalue weighted by Crippen LogP contribution is 2.50. The number of nitrogens with one attached hydrogen (secondary N) is 1. The molecule has 0 bridgehead atoms. The second-order valence-electron chi connectivity index (χ2n) is 9.54. The molecule has 0 aliphatic carbocycles. The molecule has 2 aromatic rings. The topological polar surface area (TPSA) is 78.9 Å². The van der Waals surface area contributed by atoms with E-state index in [1.54, 1.807) is 0 Å². The number of nitrogens with zero attached hydrogens (tertiary/aromatic N) is 2. The van der Waals surface area contributed by atoms with Crippen molar-refractivity contribution in [3.63, 3.8) is 0 Å². The van der Waals surface area contributed by atoms with Crippen molar-refractivity contribution >= 4 is 34.7 Å². The summed E-state index contributed by atoms with van der Waals surface area (Å²) in [4.78, 5) is 44.4. The fourth-order valence-corrected chi connectivity index (χ4v) is 6.07. The van der Waals surface area contributed by atoms with Gasteiger partial charge in [-0.2, -0.15) is 0 Å². The van der Waals surface area contributed by atoms with Crippen molar-refractivity contribution in [2.45, 2.75) is 38.0 Å². The van der Waals surface area contributed by atoms with Crippen LogP contribution in [0.5, 0.6) is 0 Å². The molecule has 0 radical (unpaired) electrons. The summed E-state index contributed by atoms with van der Waals surface area (Å²) in [6, 6.07) is 16.0. The molecule has 4 aliphatic heterocycles. The molecular formula is C27H27N3O4. The van der Waals surface area contributed by atoms with Gasteiger partial charge in [-0.05, 0) is 43.5 Å². The number of carbonyl (C=O) groups is 3. The average Bonchev–Trinajstić information content (AvgIpc) is 3.53. The predicted molar refractivity (Wildman–Crippen MR) is 128 cm³/mol. The van der Waals surface area contributed by atoms with Crippen molar-refractivity contribution in [2.75, 3.05) is 23.4 Å². The van der Waals surface area contributed by atoms with E-state index >= 15 is 0 Å². The Morgan fingerprint density at radius 1 is 1.03 bits per heavy atom. The molecule has 7 nitrogen and oxygen atoms in total. The molecular weight excluding hydrogens is 430 g/mol. The zero-order valence-corrected chi connectivity index (χ0v) is 19.0. The lowest BCUT2D eigenvalue weighted by Gasteiger charge is -2.38. The molecule has 174 valence electrons. The van der Waals surface area contributed by atoms with Crippen LogP contribution < -0.4 is 10.2 Å². The number of allylic oxidation sites excluding steroid dienone is 1. The fourth-order valence-electron chi connectivity index (χ4n) is 6.07. The van der Waals surface area contributed by atoms with Gasteiger partial charge in [0.1, 0.15) is 6.04 Å². The van der Waals surface area contributed by atoms with E-state index in [-0.39, 0.29) is 36.4 Å². The van der Waals surface area contributed by atoms with Gasteiger partial charge >= 0.3 is 0 Å². The lowest BCUT2D eigenvalue weighted by molar-refractivity contribution is -0.142. The van der Waals surface area contributed by atoms with Gasteiger partial charge in [-0.3, -0.25) is 19.3 Å². The van der Waals surface area contributed by atoms with Crippen LogP contribution in [0.25, 0.3) is 5.57 Å². The van der Waals surface area contributed by atoms with Crippen LogP contribution in [0, 0.1) is 11.8 Å². The van der Waals surface area contributed by atoms with E-state index in [9.17, 15) is 14.4 Å². The van der Waals surface area contributed by atoms with Gasteiger partial charge in [-0.25, -0.2) is 0 Å². The molecule has 2 aromatic carbocycles. The summed E-state index contributed by atoms with van der Waals surface area (Å²) in [5.41, 5.74) is 3.63. The van der Waals surface area contributed by atoms with E-state index < -0.39 is 17.9 Å². The van der Waals surface area contributed by atoms with Gasteiger partial charge in [-0.15, -0.1) is 0 Å². The Morgan fingerprint density at radius 3 is 2.53 bits per heavy atom. The third-order valence-corrected chi connectivity index (χ3v) is 7.57. The standard InChI is InChI=1S/C27H27N3O4/c1-16-14-21-22-23(27(33)29(26(22)32)15-18-10-7-13-34-18)24(25(31)28-17-8-3-2-4-9-17)30(21)20-12-6-5-11-19(16)20/h2-6,8-9,11-12,14,18,21-24H,7,10,13,15H2,1H3,(H,28,31)/t18-,21-,22+,23-,24+/m0/s1. The lowest BCUT2D eigenvalue weighted by Crippen LogP contribution is -2.51. The third-order valence-electron chi connectivity index (χ3n) is 7.57. The first-order chi connectivity index (χ1) is 16.5. The number of carbonyl (C=O) groups excluding carboxylic acids is 3. The van der Waals surface area contributed by atoms with Crippen LogP contribution in [0.3, 0.4) is 0 Å². The number of imide groups is 1. The second-order valence-corrected chi connectivity index (χ2v) is 9.54. The molecule has 4 heterocycles. The first kappa shape index (κ1) is 21.1. The summed E-state index contributed by atoms with van der Waals surface area (Å²) in [7, 11) is 0. The SMILES string of the molecule is CC1=C[C@H]2[C@H]3C(=O)N(C[C@@H]4CCCO4)C(=O)[C@@H]3[C@H](C(=O)Nc3ccccc3)N2c2ccccc21. The van der Waals surface area contributed by atoms with Gasteiger partial charge < -0.3 is 15.0 Å². The Labute approximate surface area is 198 Å². The number of likely N-dealkylation sites (tertiary alicyclic amines) is 1. The van der Waals surface area contributed by atoms with Crippen LogP contribution >= 0.6 is 0 Å². The van der Waals surface area contributed by atoms with Crippen LogP contribution in [-0.4, -0.2) is 54.0 Å². The van der Waals surface area contributed by atoms with Gasteiger partial charge in [0.2, 0.25) is 17.7 Å². The van der Waals surface area contributed by atoms with Crippen LogP contribution in [0.15, 0.2) is 60.7 Å². The maximum atomic E-state index is 13.7. The molecule has 3 amide bonds. The predicted octanol–water partition coefficient (Wildman–Crippen LogP) is 3.08. The Bertz CT molecular complexity index is 1190. The fraction of sp³-hybridized carbons (Fsp3) is 0.370. The zero-order valence-electron chi connectivity index (χ0n) is 19.0. The number of hydrogen-bond acceptors (Lipinski definition) is 5. The van der Waals surface area contributed by atoms with Crippen molar-refractivity contribution in [1.82, 2.24) is 4.90 Å². The maximum Gasteiger partial charge on any atom is 0.247 e. The Hall–Kier alpha value is -3.45. The van der Waals surface area contributed by atoms with Crippen LogP contribution in [0.1, 0.15) is 25.3 Å². The van der Waals surface area contributed by atoms with Crippen molar-refractivity contribution in [2.24, 2.45) is 11.8 Å². The average molecular weight is 458 g/mol. The van der Waals surface area contributed by atoms with E-state index in [0.717, 1.165) is 29.7 Å². The number of ether oxygens (including phenoxy) is 1. The lowest BCUT2D eigenvalue weighted by atomic mass is 9.87. The van der Waals surface area contributed by atoms with Crippen molar-refractivity contribution < 1.29 is 19.1 Å². The minimum Gasteiger partial charge on any atom is -0.376 e. The third kappa shape index (κ3) is 3.18. The van der Waals surface area contributed by atoms with E-state index in [2.05, 4.69) is 11.4 Å². The molecule has 7 heteroatoms. The molecule has 0 unspecified atom stereocenters. The van der Waals surface area contributed by atoms with E-state index in [4.69, 9.17) is 4.74 Å². The second kappa shape index (κ2) is 8.09. The Kier molecular flexibility index (Phi) is 5.03. The molecule has 0 aromatic heterocycles. The van der Waals surface area contributed by atoms with Crippen LogP contribution in [0.2, 0.25) is 0 Å². The van der Waals surface area contributed by atoms with E-state index in [0.29, 0.717) is 12.3 Å². The Morgan fingerprint density at radius 2 is 1.76 bits per heavy atom. The minimum atomic E-state index is -0.786. The normalized spacial score (nSPS) is 29.6. The molecule has 6 rings (SSSR count). The smallest absolute Gasteiger partial charge is 0.247 e. The van der Waals surface area contributed by atoms with Gasteiger partial charge in [0.25, 0.3) is 0 Å². The molecule has 3 fully saturated rings. The van der Waals surface area contributed by atoms with Gasteiger partial charge in [-0.1, -0.05) is 42.5 Å². The van der Waals surface area contributed by atoms with Crippen LogP contribution in [0.4, 0.5) is 11.4 Å². The monoisotopic (exact) mass is 457 g/mol. The van der Waals surface area contributed by atoms with Gasteiger partial charge in [0.15, 0.2) is 0 Å². The maximum absolute atomic E-state index is 13.7. The number of para-hydroxylation sites is 2. The molecule has 3 saturated heterocycles. The highest BCUT2D eigenvalue weighted by atomic mass is 16.5. The first-order valence-corrected chi connectivity index (χ1v) is 11.9. The zero-order chi connectivity index (χ0) is 23.4. The molecule has 4 aliphatic rings. The summed E-state index contributed by atoms with van der Waals surface area (Å²) in [6.45, 7) is 2.95. The van der Waals surface area contributed by atoms with Crippen molar-refractivity contribution in [3.05, 3.63) is 66.2 Å². The van der Waals surface area contributed by atoms with Gasteiger partial charge in [0, 0.05) is 23.5 Å². The molecule has 34 heavy (non-hydrogen) atoms. The van der Waals surface area contributed by atoms with Gasteiger partial charge in [0.05, 0.1) is 30.5 Å². The summed E-state index contributed by atoms with van der Waals surface area (Å²) in [5, 5.41) is 2.99. The minimum absolute atomic E-state index is 0.121. The number of fused-ring (bicyclic) bond motifs is 5. The van der Waals surface area contributed by atoms with Crippen molar-refractivity contribution in [1.29, 1.82) is 0 Å². The molecule has 0 spiro atoms. The van der Waals surface area contributed by atoms with Crippen LogP contribution in [-0.2, 0) is 19.1 Å². The molecule has 1 N–H and O–H groups in total. The number of anilines is 2. The molecule has 5 atom stereocenters. The largest absolute Gasteiger partial charge is 0.376 e. The summed E-state index contributed by atoms with van der Waals surface area (Å²) < 4.78 is 5.71. The van der Waals surface area contributed by atoms with E-state index in [1.165, 1.54) is 4.90 Å². The Balaban J connectivity index is 1.41. The highest BCUT2D eigenvalue weighted by Gasteiger charge is 2.64. The van der Waals surface area contributed by atoms with E-state index in [1.807, 2.05) is 66.4 Å². The first-order valence-electron chi connectivity index (χ1n) is 11.9. The number of benzene rings is 2.